The Balaban J connectivity index is 0.985. The third-order valence-electron chi connectivity index (χ3n) is 11.8. The van der Waals surface area contributed by atoms with Gasteiger partial charge in [0, 0.05) is 32.7 Å². The number of aldehydes is 1. The number of amides is 8. The monoisotopic (exact) mass is 755 g/mol. The van der Waals surface area contributed by atoms with Crippen LogP contribution >= 0.6 is 0 Å². The molecule has 6 fully saturated rings. The van der Waals surface area contributed by atoms with Gasteiger partial charge in [0.2, 0.25) is 47.3 Å². The SMILES string of the molecule is O=CCNC(=O)[C@@H]1CCCN1C(=O)[C@@H]1CCCN1C(=O)CNC(=O)[C@@H]1CCCN1C(=O)[C@@H]1CCCN1C(=O)CNC(=O)[C@@H]1CCCN1C(=O)[C@@H]1CCCN1. The van der Waals surface area contributed by atoms with Crippen LogP contribution in [-0.4, -0.2) is 173 Å². The van der Waals surface area contributed by atoms with Crippen molar-refractivity contribution in [3.8, 4) is 0 Å². The van der Waals surface area contributed by atoms with Crippen molar-refractivity contribution < 1.29 is 43.2 Å². The van der Waals surface area contributed by atoms with Gasteiger partial charge in [0.25, 0.3) is 0 Å². The van der Waals surface area contributed by atoms with Crippen LogP contribution in [0.2, 0.25) is 0 Å². The number of likely N-dealkylation sites (tertiary alicyclic amines) is 5. The fourth-order valence-electron chi connectivity index (χ4n) is 9.06. The predicted molar refractivity (Wildman–Crippen MR) is 190 cm³/mol. The highest BCUT2D eigenvalue weighted by Crippen LogP contribution is 2.27. The zero-order chi connectivity index (χ0) is 38.4. The molecule has 6 rings (SSSR count). The lowest BCUT2D eigenvalue weighted by Gasteiger charge is -2.32. The van der Waals surface area contributed by atoms with Crippen LogP contribution < -0.4 is 21.3 Å². The normalized spacial score (nSPS) is 28.0. The fourth-order valence-corrected chi connectivity index (χ4v) is 9.06. The molecule has 6 saturated heterocycles. The lowest BCUT2D eigenvalue weighted by molar-refractivity contribution is -0.147. The van der Waals surface area contributed by atoms with Crippen LogP contribution in [0, 0.1) is 0 Å². The van der Waals surface area contributed by atoms with E-state index < -0.39 is 53.8 Å². The third kappa shape index (κ3) is 8.37. The number of hydrogen-bond acceptors (Lipinski definition) is 10. The van der Waals surface area contributed by atoms with Crippen molar-refractivity contribution in [1.29, 1.82) is 0 Å². The van der Waals surface area contributed by atoms with E-state index in [0.29, 0.717) is 103 Å². The first-order valence-electron chi connectivity index (χ1n) is 19.6. The quantitative estimate of drug-likeness (QED) is 0.151. The van der Waals surface area contributed by atoms with Gasteiger partial charge in [-0.15, -0.1) is 0 Å². The van der Waals surface area contributed by atoms with Crippen LogP contribution in [0.4, 0.5) is 0 Å². The molecule has 54 heavy (non-hydrogen) atoms. The molecule has 0 aromatic carbocycles. The average Bonchev–Trinajstić information content (AvgIpc) is 4.03. The Hall–Kier alpha value is -4.61. The van der Waals surface area contributed by atoms with Crippen molar-refractivity contribution in [2.24, 2.45) is 0 Å². The van der Waals surface area contributed by atoms with Crippen molar-refractivity contribution in [2.45, 2.75) is 113 Å². The van der Waals surface area contributed by atoms with Crippen molar-refractivity contribution in [3.63, 3.8) is 0 Å². The van der Waals surface area contributed by atoms with Crippen molar-refractivity contribution in [1.82, 2.24) is 45.8 Å². The molecule has 0 aromatic rings. The summed E-state index contributed by atoms with van der Waals surface area (Å²) in [6.45, 7) is 1.81. The lowest BCUT2D eigenvalue weighted by atomic mass is 10.1. The first-order valence-corrected chi connectivity index (χ1v) is 19.6. The molecule has 0 unspecified atom stereocenters. The minimum atomic E-state index is -0.825. The standard InChI is InChI=1S/C36H53N9O9/c46-20-14-38-31(49)24-8-3-18-44(24)35(53)27-11-5-15-41(27)30(48)22-40-33(51)26-10-4-19-45(26)36(54)28-12-6-16-42(28)29(47)21-39-32(50)25-9-2-17-43(25)34(52)23-7-1-13-37-23/h20,23-28,37H,1-19,21-22H2,(H,38,49)(H,39,50)(H,40,51)/t23-,24-,25-,26-,27-,28-/m0/s1. The molecule has 8 amide bonds. The van der Waals surface area contributed by atoms with E-state index in [0.717, 1.165) is 19.4 Å². The van der Waals surface area contributed by atoms with Crippen LogP contribution in [0.1, 0.15) is 77.0 Å². The van der Waals surface area contributed by atoms with Gasteiger partial charge in [0.15, 0.2) is 0 Å². The first-order chi connectivity index (χ1) is 26.1. The Kier molecular flexibility index (Phi) is 12.8. The average molecular weight is 756 g/mol. The molecule has 6 heterocycles. The molecule has 6 aliphatic heterocycles. The van der Waals surface area contributed by atoms with Crippen molar-refractivity contribution in [2.75, 3.05) is 58.9 Å². The molecule has 18 nitrogen and oxygen atoms in total. The zero-order valence-corrected chi connectivity index (χ0v) is 30.8. The molecule has 4 N–H and O–H groups in total. The van der Waals surface area contributed by atoms with E-state index in [1.165, 1.54) is 19.6 Å². The summed E-state index contributed by atoms with van der Waals surface area (Å²) >= 11 is 0. The van der Waals surface area contributed by atoms with Gasteiger partial charge < -0.3 is 50.6 Å². The van der Waals surface area contributed by atoms with Gasteiger partial charge in [-0.25, -0.2) is 0 Å². The largest absolute Gasteiger partial charge is 0.348 e. The second-order valence-corrected chi connectivity index (χ2v) is 15.1. The molecular formula is C36H53N9O9. The highest BCUT2D eigenvalue weighted by molar-refractivity contribution is 5.97. The summed E-state index contributed by atoms with van der Waals surface area (Å²) < 4.78 is 0. The van der Waals surface area contributed by atoms with Gasteiger partial charge >= 0.3 is 0 Å². The van der Waals surface area contributed by atoms with E-state index in [9.17, 15) is 43.2 Å². The lowest BCUT2D eigenvalue weighted by Crippen LogP contribution is -2.56. The number of hydrogen-bond donors (Lipinski definition) is 4. The summed E-state index contributed by atoms with van der Waals surface area (Å²) in [5.41, 5.74) is 0. The van der Waals surface area contributed by atoms with Gasteiger partial charge in [0.05, 0.1) is 25.7 Å². The molecule has 0 bridgehead atoms. The van der Waals surface area contributed by atoms with Gasteiger partial charge in [-0.2, -0.15) is 0 Å². The van der Waals surface area contributed by atoms with Crippen LogP contribution in [0.5, 0.6) is 0 Å². The van der Waals surface area contributed by atoms with E-state index in [4.69, 9.17) is 0 Å². The maximum Gasteiger partial charge on any atom is 0.246 e. The molecule has 6 atom stereocenters. The Labute approximate surface area is 314 Å². The summed E-state index contributed by atoms with van der Waals surface area (Å²) in [4.78, 5) is 124. The summed E-state index contributed by atoms with van der Waals surface area (Å²) in [5.74, 6) is -2.89. The van der Waals surface area contributed by atoms with Gasteiger partial charge in [-0.1, -0.05) is 0 Å². The molecule has 0 aromatic heterocycles. The minimum absolute atomic E-state index is 0.0860. The second-order valence-electron chi connectivity index (χ2n) is 15.1. The molecule has 0 spiro atoms. The van der Waals surface area contributed by atoms with E-state index >= 15 is 0 Å². The number of rotatable bonds is 12. The molecule has 18 heteroatoms. The number of carbonyl (C=O) groups excluding carboxylic acids is 9. The maximum atomic E-state index is 13.8. The fraction of sp³-hybridized carbons (Fsp3) is 0.750. The summed E-state index contributed by atoms with van der Waals surface area (Å²) in [6, 6.07) is -4.00. The number of nitrogens with one attached hydrogen (secondary N) is 4. The van der Waals surface area contributed by atoms with Crippen LogP contribution in [-0.2, 0) is 43.2 Å². The molecule has 296 valence electrons. The highest BCUT2D eigenvalue weighted by Gasteiger charge is 2.45. The Bertz CT molecular complexity index is 1500. The Morgan fingerprint density at radius 3 is 1.28 bits per heavy atom. The van der Waals surface area contributed by atoms with Gasteiger partial charge in [0.1, 0.15) is 36.5 Å². The topological polar surface area (TPSA) is 218 Å². The molecular weight excluding hydrogens is 702 g/mol. The maximum absolute atomic E-state index is 13.8. The van der Waals surface area contributed by atoms with Gasteiger partial charge in [-0.05, 0) is 83.6 Å². The zero-order valence-electron chi connectivity index (χ0n) is 30.8. The van der Waals surface area contributed by atoms with Gasteiger partial charge in [-0.3, -0.25) is 38.4 Å². The van der Waals surface area contributed by atoms with E-state index in [-0.39, 0.29) is 49.3 Å². The second kappa shape index (κ2) is 17.7. The summed E-state index contributed by atoms with van der Waals surface area (Å²) in [7, 11) is 0. The van der Waals surface area contributed by atoms with Crippen LogP contribution in [0.15, 0.2) is 0 Å². The van der Waals surface area contributed by atoms with Crippen LogP contribution in [0.25, 0.3) is 0 Å². The molecule has 6 aliphatic rings. The van der Waals surface area contributed by atoms with Crippen LogP contribution in [0.3, 0.4) is 0 Å². The summed E-state index contributed by atoms with van der Waals surface area (Å²) in [5, 5.41) is 11.1. The van der Waals surface area contributed by atoms with E-state index in [1.807, 2.05) is 0 Å². The van der Waals surface area contributed by atoms with E-state index in [1.54, 1.807) is 4.90 Å². The predicted octanol–water partition coefficient (Wildman–Crippen LogP) is -2.76. The number of carbonyl (C=O) groups is 9. The minimum Gasteiger partial charge on any atom is -0.348 e. The molecule has 0 radical (unpaired) electrons. The van der Waals surface area contributed by atoms with Crippen molar-refractivity contribution >= 4 is 53.5 Å². The molecule has 0 saturated carbocycles. The third-order valence-corrected chi connectivity index (χ3v) is 11.8. The Morgan fingerprint density at radius 2 is 0.870 bits per heavy atom. The molecule has 0 aliphatic carbocycles. The van der Waals surface area contributed by atoms with Crippen molar-refractivity contribution in [3.05, 3.63) is 0 Å². The van der Waals surface area contributed by atoms with E-state index in [2.05, 4.69) is 21.3 Å². The summed E-state index contributed by atoms with van der Waals surface area (Å²) in [6.07, 6.45) is 7.53. The smallest absolute Gasteiger partial charge is 0.246 e. The Morgan fingerprint density at radius 1 is 0.481 bits per heavy atom. The highest BCUT2D eigenvalue weighted by atomic mass is 16.2. The number of nitrogens with zero attached hydrogens (tertiary/aromatic N) is 5. The first kappa shape index (κ1) is 39.1.